The summed E-state index contributed by atoms with van der Waals surface area (Å²) in [6.45, 7) is 0. The van der Waals surface area contributed by atoms with Crippen LogP contribution in [0.2, 0.25) is 0 Å². The zero-order valence-electron chi connectivity index (χ0n) is 16.5. The smallest absolute Gasteiger partial charge is 0.272 e. The Balaban J connectivity index is 1.71. The normalized spacial score (nSPS) is 18.3. The van der Waals surface area contributed by atoms with Crippen LogP contribution in [0.4, 0.5) is 14.5 Å². The van der Waals surface area contributed by atoms with Crippen LogP contribution in [-0.2, 0) is 0 Å². The average molecular weight is 434 g/mol. The third kappa shape index (κ3) is 2.65. The molecule has 32 heavy (non-hydrogen) atoms. The second kappa shape index (κ2) is 6.71. The molecule has 1 fully saturated rings. The summed E-state index contributed by atoms with van der Waals surface area (Å²) in [7, 11) is 0. The molecule has 4 N–H and O–H groups in total. The number of anilines is 1. The van der Waals surface area contributed by atoms with Crippen LogP contribution in [0.5, 0.6) is 5.75 Å². The van der Waals surface area contributed by atoms with E-state index in [1.54, 1.807) is 12.1 Å². The molecule has 6 rings (SSSR count). The van der Waals surface area contributed by atoms with Crippen molar-refractivity contribution in [2.45, 2.75) is 25.1 Å². The molecule has 5 aromatic rings. The lowest BCUT2D eigenvalue weighted by atomic mass is 9.93. The predicted octanol–water partition coefficient (Wildman–Crippen LogP) is 3.62. The van der Waals surface area contributed by atoms with Crippen LogP contribution in [0.15, 0.2) is 41.6 Å². The van der Waals surface area contributed by atoms with Gasteiger partial charge < -0.3 is 15.5 Å². The van der Waals surface area contributed by atoms with Gasteiger partial charge in [0.15, 0.2) is 0 Å². The summed E-state index contributed by atoms with van der Waals surface area (Å²) in [5.74, 6) is -0.0594. The molecule has 0 bridgehead atoms. The molecule has 0 amide bonds. The van der Waals surface area contributed by atoms with Crippen LogP contribution in [0, 0.1) is 5.82 Å². The first kappa shape index (κ1) is 18.7. The zero-order valence-corrected chi connectivity index (χ0v) is 16.5. The molecule has 0 spiro atoms. The summed E-state index contributed by atoms with van der Waals surface area (Å²) in [5, 5.41) is 7.60. The van der Waals surface area contributed by atoms with Crippen LogP contribution < -0.4 is 16.0 Å². The number of aromatic nitrogens is 5. The van der Waals surface area contributed by atoms with E-state index in [0.717, 1.165) is 0 Å². The van der Waals surface area contributed by atoms with Gasteiger partial charge in [0.1, 0.15) is 46.1 Å². The van der Waals surface area contributed by atoms with Crippen molar-refractivity contribution < 1.29 is 13.5 Å². The van der Waals surface area contributed by atoms with Crippen molar-refractivity contribution in [3.05, 3.63) is 53.0 Å². The Bertz CT molecular complexity index is 1590. The number of nitrogen functional groups attached to an aromatic ring is 1. The van der Waals surface area contributed by atoms with E-state index in [-0.39, 0.29) is 17.3 Å². The SMILES string of the molecule is Nc1c(-c2ccc(F)c3[nH]ncc23)c2cc(OC3CC(F)C3)c3nccnc3c2[nH]c1=O. The van der Waals surface area contributed by atoms with Crippen LogP contribution >= 0.6 is 0 Å². The molecule has 10 heteroatoms. The van der Waals surface area contributed by atoms with E-state index in [9.17, 15) is 13.6 Å². The number of ether oxygens (including phenoxy) is 1. The minimum atomic E-state index is -0.881. The number of fused-ring (bicyclic) bond motifs is 4. The van der Waals surface area contributed by atoms with Crippen LogP contribution in [-0.4, -0.2) is 37.4 Å². The van der Waals surface area contributed by atoms with Gasteiger partial charge in [-0.1, -0.05) is 6.07 Å². The number of hydrogen-bond acceptors (Lipinski definition) is 6. The Morgan fingerprint density at radius 3 is 2.66 bits per heavy atom. The van der Waals surface area contributed by atoms with Gasteiger partial charge in [-0.25, -0.2) is 13.8 Å². The Hall–Kier alpha value is -4.08. The Labute approximate surface area is 178 Å². The number of nitrogens with one attached hydrogen (secondary N) is 2. The number of halogens is 2. The number of benzene rings is 2. The summed E-state index contributed by atoms with van der Waals surface area (Å²) >= 11 is 0. The third-order valence-electron chi connectivity index (χ3n) is 5.90. The molecule has 8 nitrogen and oxygen atoms in total. The molecule has 0 aliphatic heterocycles. The molecule has 2 aromatic carbocycles. The van der Waals surface area contributed by atoms with E-state index in [1.807, 2.05) is 0 Å². The second-order valence-corrected chi connectivity index (χ2v) is 7.86. The number of nitrogens with two attached hydrogens (primary N) is 1. The maximum atomic E-state index is 14.3. The fourth-order valence-corrected chi connectivity index (χ4v) is 4.24. The van der Waals surface area contributed by atoms with E-state index in [4.69, 9.17) is 10.5 Å². The molecule has 3 heterocycles. The highest BCUT2D eigenvalue weighted by atomic mass is 19.1. The first-order chi connectivity index (χ1) is 15.5. The summed E-state index contributed by atoms with van der Waals surface area (Å²) in [4.78, 5) is 24.3. The molecule has 160 valence electrons. The van der Waals surface area contributed by atoms with Gasteiger partial charge in [-0.05, 0) is 17.7 Å². The molecular formula is C22H16F2N6O2. The predicted molar refractivity (Wildman–Crippen MR) is 116 cm³/mol. The van der Waals surface area contributed by atoms with Crippen LogP contribution in [0.3, 0.4) is 0 Å². The van der Waals surface area contributed by atoms with Gasteiger partial charge in [0.2, 0.25) is 0 Å². The largest absolute Gasteiger partial charge is 0.488 e. The van der Waals surface area contributed by atoms with Crippen molar-refractivity contribution >= 4 is 38.5 Å². The van der Waals surface area contributed by atoms with Crippen LogP contribution in [0.1, 0.15) is 12.8 Å². The van der Waals surface area contributed by atoms with E-state index in [0.29, 0.717) is 57.0 Å². The fraction of sp³-hybridized carbons (Fsp3) is 0.182. The molecule has 0 unspecified atom stereocenters. The molecule has 1 saturated carbocycles. The number of alkyl halides is 1. The first-order valence-electron chi connectivity index (χ1n) is 10.0. The average Bonchev–Trinajstić information content (AvgIpc) is 3.26. The van der Waals surface area contributed by atoms with E-state index < -0.39 is 17.5 Å². The van der Waals surface area contributed by atoms with E-state index in [2.05, 4.69) is 25.1 Å². The lowest BCUT2D eigenvalue weighted by Crippen LogP contribution is -2.35. The summed E-state index contributed by atoms with van der Waals surface area (Å²) in [6.07, 6.45) is 3.95. The van der Waals surface area contributed by atoms with Crippen molar-refractivity contribution in [1.29, 1.82) is 0 Å². The molecule has 1 aliphatic carbocycles. The first-order valence-corrected chi connectivity index (χ1v) is 10.0. The quantitative estimate of drug-likeness (QED) is 0.373. The summed E-state index contributed by atoms with van der Waals surface area (Å²) in [5.41, 5.74) is 8.12. The molecule has 1 aliphatic rings. The highest BCUT2D eigenvalue weighted by molar-refractivity contribution is 6.14. The number of hydrogen-bond donors (Lipinski definition) is 3. The maximum absolute atomic E-state index is 14.3. The van der Waals surface area contributed by atoms with E-state index in [1.165, 1.54) is 24.7 Å². The van der Waals surface area contributed by atoms with Gasteiger partial charge in [0, 0.05) is 41.6 Å². The Morgan fingerprint density at radius 2 is 1.88 bits per heavy atom. The van der Waals surface area contributed by atoms with Crippen molar-refractivity contribution in [1.82, 2.24) is 25.1 Å². The highest BCUT2D eigenvalue weighted by Gasteiger charge is 2.31. The maximum Gasteiger partial charge on any atom is 0.272 e. The standard InChI is InChI=1S/C22H16F2N6O2/c23-9-5-10(6-9)32-15-7-12-16(11-1-2-14(24)18-13(11)8-28-30-18)17(25)22(31)29-19(12)21-20(15)26-3-4-27-21/h1-4,7-10H,5-6,25H2,(H,28,30)(H,29,31). The second-order valence-electron chi connectivity index (χ2n) is 7.86. The number of rotatable bonds is 3. The highest BCUT2D eigenvalue weighted by Crippen LogP contribution is 2.41. The van der Waals surface area contributed by atoms with Gasteiger partial charge in [0.25, 0.3) is 5.56 Å². The van der Waals surface area contributed by atoms with Gasteiger partial charge in [0.05, 0.1) is 11.7 Å². The minimum Gasteiger partial charge on any atom is -0.488 e. The number of aromatic amines is 2. The van der Waals surface area contributed by atoms with Gasteiger partial charge >= 0.3 is 0 Å². The van der Waals surface area contributed by atoms with Crippen molar-refractivity contribution in [2.75, 3.05) is 5.73 Å². The van der Waals surface area contributed by atoms with Gasteiger partial charge in [-0.15, -0.1) is 0 Å². The zero-order chi connectivity index (χ0) is 22.0. The summed E-state index contributed by atoms with van der Waals surface area (Å²) in [6, 6.07) is 4.56. The minimum absolute atomic E-state index is 0.0340. The van der Waals surface area contributed by atoms with E-state index >= 15 is 0 Å². The van der Waals surface area contributed by atoms with Gasteiger partial charge in [-0.3, -0.25) is 14.9 Å². The summed E-state index contributed by atoms with van der Waals surface area (Å²) < 4.78 is 33.7. The van der Waals surface area contributed by atoms with Crippen molar-refractivity contribution in [2.24, 2.45) is 0 Å². The van der Waals surface area contributed by atoms with Crippen molar-refractivity contribution in [3.8, 4) is 16.9 Å². The molecule has 0 saturated heterocycles. The number of nitrogens with zero attached hydrogens (tertiary/aromatic N) is 3. The topological polar surface area (TPSA) is 123 Å². The monoisotopic (exact) mass is 434 g/mol. The number of H-pyrrole nitrogens is 2. The molecule has 0 atom stereocenters. The third-order valence-corrected chi connectivity index (χ3v) is 5.90. The lowest BCUT2D eigenvalue weighted by Gasteiger charge is -2.30. The molecule has 0 radical (unpaired) electrons. The van der Waals surface area contributed by atoms with Crippen LogP contribution in [0.25, 0.3) is 44.0 Å². The van der Waals surface area contributed by atoms with Gasteiger partial charge in [-0.2, -0.15) is 5.10 Å². The Morgan fingerprint density at radius 1 is 1.09 bits per heavy atom. The molecular weight excluding hydrogens is 418 g/mol. The fourth-order valence-electron chi connectivity index (χ4n) is 4.24. The number of pyridine rings is 1. The molecule has 3 aromatic heterocycles. The lowest BCUT2D eigenvalue weighted by molar-refractivity contribution is 0.0420. The Kier molecular flexibility index (Phi) is 3.91. The van der Waals surface area contributed by atoms with Crippen molar-refractivity contribution in [3.63, 3.8) is 0 Å².